The van der Waals surface area contributed by atoms with Crippen molar-refractivity contribution < 1.29 is 27.5 Å². The van der Waals surface area contributed by atoms with Crippen molar-refractivity contribution in [1.29, 1.82) is 5.26 Å². The molecule has 3 rings (SSSR count). The second-order valence-corrected chi connectivity index (χ2v) is 7.39. The summed E-state index contributed by atoms with van der Waals surface area (Å²) in [5.41, 5.74) is 0.473. The van der Waals surface area contributed by atoms with Gasteiger partial charge in [0.15, 0.2) is 6.61 Å². The Kier molecular flexibility index (Phi) is 7.89. The Labute approximate surface area is 199 Å². The molecule has 0 aliphatic carbocycles. The zero-order chi connectivity index (χ0) is 25.4. The van der Waals surface area contributed by atoms with Crippen molar-refractivity contribution in [2.75, 3.05) is 17.2 Å². The molecular formula is C26H20F3N3O3. The molecule has 6 nitrogen and oxygen atoms in total. The van der Waals surface area contributed by atoms with Crippen LogP contribution < -0.4 is 15.4 Å². The van der Waals surface area contributed by atoms with Crippen LogP contribution in [0.2, 0.25) is 0 Å². The first-order valence-corrected chi connectivity index (χ1v) is 10.3. The van der Waals surface area contributed by atoms with Crippen LogP contribution >= 0.6 is 0 Å². The first-order valence-electron chi connectivity index (χ1n) is 10.3. The highest BCUT2D eigenvalue weighted by molar-refractivity contribution is 6.09. The normalized spacial score (nSPS) is 11.3. The smallest absolute Gasteiger partial charge is 0.416 e. The second kappa shape index (κ2) is 11.0. The van der Waals surface area contributed by atoms with Crippen molar-refractivity contribution in [3.8, 4) is 11.8 Å². The summed E-state index contributed by atoms with van der Waals surface area (Å²) in [5, 5.41) is 14.5. The number of carbonyl (C=O) groups excluding carboxylic acids is 2. The number of halogens is 3. The third kappa shape index (κ3) is 6.95. The zero-order valence-corrected chi connectivity index (χ0v) is 18.5. The van der Waals surface area contributed by atoms with Gasteiger partial charge in [0.05, 0.1) is 5.56 Å². The molecule has 2 amide bonds. The molecule has 0 unspecified atom stereocenters. The van der Waals surface area contributed by atoms with Crippen LogP contribution in [0.1, 0.15) is 16.7 Å². The van der Waals surface area contributed by atoms with Crippen LogP contribution in [-0.4, -0.2) is 18.4 Å². The van der Waals surface area contributed by atoms with Crippen LogP contribution in [0.15, 0.2) is 78.4 Å². The minimum absolute atomic E-state index is 0.108. The van der Waals surface area contributed by atoms with Gasteiger partial charge in [-0.15, -0.1) is 0 Å². The monoisotopic (exact) mass is 479 g/mol. The maximum Gasteiger partial charge on any atom is 0.416 e. The van der Waals surface area contributed by atoms with Crippen molar-refractivity contribution in [2.24, 2.45) is 0 Å². The molecule has 0 atom stereocenters. The molecule has 0 aliphatic rings. The number of nitriles is 1. The fraction of sp³-hybridized carbons (Fsp3) is 0.115. The fourth-order valence-electron chi connectivity index (χ4n) is 3.05. The fourth-order valence-corrected chi connectivity index (χ4v) is 3.05. The number of para-hydroxylation sites is 2. The number of alkyl halides is 3. The van der Waals surface area contributed by atoms with E-state index in [-0.39, 0.29) is 23.6 Å². The van der Waals surface area contributed by atoms with Gasteiger partial charge in [-0.2, -0.15) is 18.4 Å². The van der Waals surface area contributed by atoms with Crippen LogP contribution in [0, 0.1) is 18.3 Å². The number of rotatable bonds is 7. The number of benzene rings is 3. The van der Waals surface area contributed by atoms with E-state index in [1.165, 1.54) is 12.1 Å². The van der Waals surface area contributed by atoms with E-state index in [1.54, 1.807) is 42.5 Å². The van der Waals surface area contributed by atoms with E-state index in [0.717, 1.165) is 23.8 Å². The lowest BCUT2D eigenvalue weighted by molar-refractivity contribution is -0.137. The molecule has 0 fully saturated rings. The van der Waals surface area contributed by atoms with Gasteiger partial charge in [-0.25, -0.2) is 0 Å². The van der Waals surface area contributed by atoms with Crippen LogP contribution in [-0.2, 0) is 15.8 Å². The highest BCUT2D eigenvalue weighted by atomic mass is 19.4. The molecule has 3 aromatic rings. The van der Waals surface area contributed by atoms with E-state index in [2.05, 4.69) is 10.6 Å². The Morgan fingerprint density at radius 2 is 1.71 bits per heavy atom. The Balaban J connectivity index is 1.72. The van der Waals surface area contributed by atoms with Gasteiger partial charge in [0, 0.05) is 16.9 Å². The van der Waals surface area contributed by atoms with Gasteiger partial charge in [-0.3, -0.25) is 9.59 Å². The Morgan fingerprint density at radius 1 is 1.00 bits per heavy atom. The van der Waals surface area contributed by atoms with E-state index >= 15 is 0 Å². The molecule has 0 saturated heterocycles. The maximum absolute atomic E-state index is 12.9. The molecule has 2 N–H and O–H groups in total. The summed E-state index contributed by atoms with van der Waals surface area (Å²) in [4.78, 5) is 24.8. The van der Waals surface area contributed by atoms with E-state index < -0.39 is 23.6 Å². The number of aryl methyl sites for hydroxylation is 1. The molecule has 0 saturated carbocycles. The lowest BCUT2D eigenvalue weighted by atomic mass is 10.1. The third-order valence-corrected chi connectivity index (χ3v) is 4.81. The molecule has 9 heteroatoms. The topological polar surface area (TPSA) is 91.2 Å². The van der Waals surface area contributed by atoms with Gasteiger partial charge in [0.2, 0.25) is 0 Å². The number of carbonyl (C=O) groups is 2. The standard InChI is InChI=1S/C26H20F3N3O3/c1-17-7-2-4-11-22(17)32-24(33)16-35-23-12-5-3-8-18(23)13-19(15-30)25(34)31-21-10-6-9-20(14-21)26(27,28)29/h2-14H,16H2,1H3,(H,31,34)(H,32,33)/b19-13+. The van der Waals surface area contributed by atoms with Crippen molar-refractivity contribution in [2.45, 2.75) is 13.1 Å². The van der Waals surface area contributed by atoms with Crippen LogP contribution in [0.3, 0.4) is 0 Å². The van der Waals surface area contributed by atoms with Gasteiger partial charge < -0.3 is 15.4 Å². The molecule has 3 aromatic carbocycles. The van der Waals surface area contributed by atoms with Crippen molar-refractivity contribution in [3.05, 3.63) is 95.1 Å². The summed E-state index contributed by atoms with van der Waals surface area (Å²) in [6.45, 7) is 1.53. The van der Waals surface area contributed by atoms with E-state index in [4.69, 9.17) is 4.74 Å². The molecule has 0 heterocycles. The van der Waals surface area contributed by atoms with Gasteiger partial charge >= 0.3 is 6.18 Å². The van der Waals surface area contributed by atoms with E-state index in [1.807, 2.05) is 19.1 Å². The number of ether oxygens (including phenoxy) is 1. The number of hydrogen-bond acceptors (Lipinski definition) is 4. The summed E-state index contributed by atoms with van der Waals surface area (Å²) < 4.78 is 44.3. The molecule has 0 radical (unpaired) electrons. The van der Waals surface area contributed by atoms with Crippen molar-refractivity contribution in [3.63, 3.8) is 0 Å². The predicted octanol–water partition coefficient (Wildman–Crippen LogP) is 5.58. The number of nitrogens with one attached hydrogen (secondary N) is 2. The van der Waals surface area contributed by atoms with Crippen molar-refractivity contribution >= 4 is 29.3 Å². The number of amides is 2. The third-order valence-electron chi connectivity index (χ3n) is 4.81. The van der Waals surface area contributed by atoms with Crippen LogP contribution in [0.4, 0.5) is 24.5 Å². The minimum atomic E-state index is -4.57. The molecule has 178 valence electrons. The van der Waals surface area contributed by atoms with Crippen LogP contribution in [0.5, 0.6) is 5.75 Å². The Hall–Kier alpha value is -4.58. The van der Waals surface area contributed by atoms with Crippen molar-refractivity contribution in [1.82, 2.24) is 0 Å². The average molecular weight is 479 g/mol. The quantitative estimate of drug-likeness (QED) is 0.342. The first-order chi connectivity index (χ1) is 16.7. The average Bonchev–Trinajstić information content (AvgIpc) is 2.83. The lowest BCUT2D eigenvalue weighted by Gasteiger charge is -2.12. The maximum atomic E-state index is 12.9. The first kappa shape index (κ1) is 25.1. The van der Waals surface area contributed by atoms with E-state index in [9.17, 15) is 28.0 Å². The largest absolute Gasteiger partial charge is 0.483 e. The highest BCUT2D eigenvalue weighted by Crippen LogP contribution is 2.31. The summed E-state index contributed by atoms with van der Waals surface area (Å²) >= 11 is 0. The molecule has 35 heavy (non-hydrogen) atoms. The lowest BCUT2D eigenvalue weighted by Crippen LogP contribution is -2.20. The van der Waals surface area contributed by atoms with E-state index in [0.29, 0.717) is 11.3 Å². The number of hydrogen-bond donors (Lipinski definition) is 2. The summed E-state index contributed by atoms with van der Waals surface area (Å²) in [6.07, 6.45) is -3.34. The molecular weight excluding hydrogens is 459 g/mol. The number of nitrogens with zero attached hydrogens (tertiary/aromatic N) is 1. The zero-order valence-electron chi connectivity index (χ0n) is 18.5. The van der Waals surface area contributed by atoms with Gasteiger partial charge in [-0.1, -0.05) is 42.5 Å². The van der Waals surface area contributed by atoms with Gasteiger partial charge in [0.25, 0.3) is 11.8 Å². The molecule has 0 aromatic heterocycles. The predicted molar refractivity (Wildman–Crippen MR) is 125 cm³/mol. The molecule has 0 bridgehead atoms. The summed E-state index contributed by atoms with van der Waals surface area (Å²) in [6, 6.07) is 19.5. The molecule has 0 spiro atoms. The minimum Gasteiger partial charge on any atom is -0.483 e. The second-order valence-electron chi connectivity index (χ2n) is 7.39. The van der Waals surface area contributed by atoms with Crippen LogP contribution in [0.25, 0.3) is 6.08 Å². The summed E-state index contributed by atoms with van der Waals surface area (Å²) in [7, 11) is 0. The SMILES string of the molecule is Cc1ccccc1NC(=O)COc1ccccc1/C=C(\C#N)C(=O)Nc1cccc(C(F)(F)F)c1. The molecule has 0 aliphatic heterocycles. The van der Waals surface area contributed by atoms with Gasteiger partial charge in [0.1, 0.15) is 17.4 Å². The number of anilines is 2. The summed E-state index contributed by atoms with van der Waals surface area (Å²) in [5.74, 6) is -1.05. The highest BCUT2D eigenvalue weighted by Gasteiger charge is 2.30. The van der Waals surface area contributed by atoms with Gasteiger partial charge in [-0.05, 0) is 48.9 Å². The Bertz CT molecular complexity index is 1310. The Morgan fingerprint density at radius 3 is 2.43 bits per heavy atom.